The molecule has 0 fully saturated rings. The molecule has 0 amide bonds. The van der Waals surface area contributed by atoms with E-state index in [2.05, 4.69) is 0 Å². The van der Waals surface area contributed by atoms with Gasteiger partial charge in [-0.05, 0) is 6.42 Å². The summed E-state index contributed by atoms with van der Waals surface area (Å²) < 4.78 is 0. The van der Waals surface area contributed by atoms with Crippen molar-refractivity contribution in [3.05, 3.63) is 36.5 Å². The zero-order valence-electron chi connectivity index (χ0n) is 6.40. The Hall–Kier alpha value is -1.02. The number of allylic oxidation sites excluding steroid dienone is 5. The zero-order valence-corrected chi connectivity index (χ0v) is 7.16. The van der Waals surface area contributed by atoms with E-state index < -0.39 is 10.8 Å². The number of halogens is 1. The minimum atomic E-state index is -0.974. The minimum absolute atomic E-state index is 0.634. The summed E-state index contributed by atoms with van der Waals surface area (Å²) in [6.45, 7) is 0. The third-order valence-electron chi connectivity index (χ3n) is 1.55. The molecule has 1 unspecified atom stereocenters. The van der Waals surface area contributed by atoms with Crippen LogP contribution < -0.4 is 0 Å². The average molecular weight is 185 g/mol. The Morgan fingerprint density at radius 3 is 2.83 bits per heavy atom. The van der Waals surface area contributed by atoms with Gasteiger partial charge in [-0.3, -0.25) is 0 Å². The SMILES string of the molecule is O=C(O)/C=C/C1(Cl)C=CC=CC1. The van der Waals surface area contributed by atoms with Crippen molar-refractivity contribution >= 4 is 17.6 Å². The maximum absolute atomic E-state index is 10.2. The molecule has 3 heteroatoms. The molecule has 0 aromatic rings. The lowest BCUT2D eigenvalue weighted by molar-refractivity contribution is -0.131. The summed E-state index contributed by atoms with van der Waals surface area (Å²) in [5, 5.41) is 8.37. The van der Waals surface area contributed by atoms with Gasteiger partial charge in [-0.1, -0.05) is 30.4 Å². The lowest BCUT2D eigenvalue weighted by Crippen LogP contribution is -2.15. The Labute approximate surface area is 75.8 Å². The summed E-state index contributed by atoms with van der Waals surface area (Å²) in [4.78, 5) is 9.55. The van der Waals surface area contributed by atoms with Crippen molar-refractivity contribution in [3.8, 4) is 0 Å². The van der Waals surface area contributed by atoms with Crippen LogP contribution >= 0.6 is 11.6 Å². The molecular weight excluding hydrogens is 176 g/mol. The lowest BCUT2D eigenvalue weighted by atomic mass is 9.99. The lowest BCUT2D eigenvalue weighted by Gasteiger charge is -2.18. The number of aliphatic carboxylic acids is 1. The van der Waals surface area contributed by atoms with Crippen molar-refractivity contribution in [2.45, 2.75) is 11.3 Å². The Morgan fingerprint density at radius 2 is 2.33 bits per heavy atom. The third-order valence-corrected chi connectivity index (χ3v) is 1.96. The monoisotopic (exact) mass is 184 g/mol. The maximum atomic E-state index is 10.2. The Balaban J connectivity index is 2.67. The molecule has 0 saturated heterocycles. The fourth-order valence-corrected chi connectivity index (χ4v) is 1.17. The van der Waals surface area contributed by atoms with E-state index in [-0.39, 0.29) is 0 Å². The molecule has 0 saturated carbocycles. The van der Waals surface area contributed by atoms with Gasteiger partial charge in [-0.25, -0.2) is 4.79 Å². The predicted octanol–water partition coefficient (Wildman–Crippen LogP) is 2.12. The van der Waals surface area contributed by atoms with E-state index in [1.54, 1.807) is 6.08 Å². The molecule has 0 spiro atoms. The predicted molar refractivity (Wildman–Crippen MR) is 48.3 cm³/mol. The van der Waals surface area contributed by atoms with Crippen molar-refractivity contribution in [2.75, 3.05) is 0 Å². The maximum Gasteiger partial charge on any atom is 0.328 e. The molecule has 1 atom stereocenters. The highest BCUT2D eigenvalue weighted by molar-refractivity contribution is 6.27. The van der Waals surface area contributed by atoms with E-state index in [0.717, 1.165) is 6.08 Å². The van der Waals surface area contributed by atoms with Crippen LogP contribution in [-0.2, 0) is 4.79 Å². The van der Waals surface area contributed by atoms with Crippen molar-refractivity contribution in [1.82, 2.24) is 0 Å². The van der Waals surface area contributed by atoms with Crippen LogP contribution in [0.15, 0.2) is 36.5 Å². The van der Waals surface area contributed by atoms with Crippen molar-refractivity contribution in [1.29, 1.82) is 0 Å². The number of rotatable bonds is 2. The van der Waals surface area contributed by atoms with Gasteiger partial charge in [0.25, 0.3) is 0 Å². The first-order valence-electron chi connectivity index (χ1n) is 3.58. The first-order chi connectivity index (χ1) is 5.62. The fourth-order valence-electron chi connectivity index (χ4n) is 0.944. The number of carboxylic acids is 1. The molecule has 2 nitrogen and oxygen atoms in total. The van der Waals surface area contributed by atoms with Gasteiger partial charge in [0.15, 0.2) is 0 Å². The zero-order chi connectivity index (χ0) is 9.03. The van der Waals surface area contributed by atoms with Crippen molar-refractivity contribution in [3.63, 3.8) is 0 Å². The summed E-state index contributed by atoms with van der Waals surface area (Å²) in [7, 11) is 0. The third kappa shape index (κ3) is 2.55. The topological polar surface area (TPSA) is 37.3 Å². The molecule has 1 aliphatic rings. The van der Waals surface area contributed by atoms with Crippen LogP contribution in [0.2, 0.25) is 0 Å². The van der Waals surface area contributed by atoms with Crippen LogP contribution in [0.1, 0.15) is 6.42 Å². The van der Waals surface area contributed by atoms with Crippen LogP contribution in [0, 0.1) is 0 Å². The van der Waals surface area contributed by atoms with Gasteiger partial charge >= 0.3 is 5.97 Å². The largest absolute Gasteiger partial charge is 0.478 e. The van der Waals surface area contributed by atoms with Crippen molar-refractivity contribution in [2.24, 2.45) is 0 Å². The van der Waals surface area contributed by atoms with Gasteiger partial charge in [0, 0.05) is 6.08 Å². The van der Waals surface area contributed by atoms with Crippen LogP contribution in [0.25, 0.3) is 0 Å². The first kappa shape index (κ1) is 9.07. The number of hydrogen-bond donors (Lipinski definition) is 1. The second-order valence-electron chi connectivity index (χ2n) is 2.59. The number of carboxylic acid groups (broad SMARTS) is 1. The highest BCUT2D eigenvalue weighted by Gasteiger charge is 2.19. The smallest absolute Gasteiger partial charge is 0.328 e. The summed E-state index contributed by atoms with van der Waals surface area (Å²) >= 11 is 6.03. The highest BCUT2D eigenvalue weighted by atomic mass is 35.5. The summed E-state index contributed by atoms with van der Waals surface area (Å²) in [6, 6.07) is 0. The van der Waals surface area contributed by atoms with Gasteiger partial charge in [0.05, 0.1) is 4.87 Å². The van der Waals surface area contributed by atoms with E-state index in [9.17, 15) is 4.79 Å². The molecule has 0 aromatic carbocycles. The Morgan fingerprint density at radius 1 is 1.58 bits per heavy atom. The normalized spacial score (nSPS) is 28.1. The highest BCUT2D eigenvalue weighted by Crippen LogP contribution is 2.26. The molecule has 0 heterocycles. The number of alkyl halides is 1. The fraction of sp³-hybridized carbons (Fsp3) is 0.222. The van der Waals surface area contributed by atoms with E-state index in [4.69, 9.17) is 16.7 Å². The molecule has 12 heavy (non-hydrogen) atoms. The van der Waals surface area contributed by atoms with Crippen LogP contribution in [0.3, 0.4) is 0 Å². The van der Waals surface area contributed by atoms with Crippen LogP contribution in [0.5, 0.6) is 0 Å². The molecule has 1 aliphatic carbocycles. The van der Waals surface area contributed by atoms with Crippen LogP contribution in [0.4, 0.5) is 0 Å². The second kappa shape index (κ2) is 3.59. The molecule has 1 rings (SSSR count). The summed E-state index contributed by atoms with van der Waals surface area (Å²) in [5.74, 6) is -0.974. The van der Waals surface area contributed by atoms with Gasteiger partial charge in [0.2, 0.25) is 0 Å². The number of carbonyl (C=O) groups is 1. The van der Waals surface area contributed by atoms with Gasteiger partial charge < -0.3 is 5.11 Å². The molecule has 0 aliphatic heterocycles. The van der Waals surface area contributed by atoms with E-state index in [1.165, 1.54) is 6.08 Å². The number of hydrogen-bond acceptors (Lipinski definition) is 1. The van der Waals surface area contributed by atoms with Gasteiger partial charge in [0.1, 0.15) is 0 Å². The Bertz CT molecular complexity index is 266. The van der Waals surface area contributed by atoms with Gasteiger partial charge in [-0.15, -0.1) is 11.6 Å². The standard InChI is InChI=1S/C9H9ClO2/c10-9(7-4-8(11)12)5-2-1-3-6-9/h1-5,7H,6H2,(H,11,12)/b7-4+. The average Bonchev–Trinajstić information content (AvgIpc) is 2.03. The molecule has 1 N–H and O–H groups in total. The first-order valence-corrected chi connectivity index (χ1v) is 3.96. The van der Waals surface area contributed by atoms with E-state index in [1.807, 2.05) is 18.2 Å². The quantitative estimate of drug-likeness (QED) is 0.527. The van der Waals surface area contributed by atoms with E-state index >= 15 is 0 Å². The second-order valence-corrected chi connectivity index (χ2v) is 3.29. The molecule has 0 aromatic heterocycles. The minimum Gasteiger partial charge on any atom is -0.478 e. The Kier molecular flexibility index (Phi) is 2.71. The summed E-state index contributed by atoms with van der Waals surface area (Å²) in [5.41, 5.74) is 0. The van der Waals surface area contributed by atoms with Crippen LogP contribution in [-0.4, -0.2) is 16.0 Å². The van der Waals surface area contributed by atoms with E-state index in [0.29, 0.717) is 6.42 Å². The van der Waals surface area contributed by atoms with Gasteiger partial charge in [-0.2, -0.15) is 0 Å². The molecular formula is C9H9ClO2. The van der Waals surface area contributed by atoms with Crippen molar-refractivity contribution < 1.29 is 9.90 Å². The molecule has 0 radical (unpaired) electrons. The molecule has 64 valence electrons. The summed E-state index contributed by atoms with van der Waals surface area (Å²) in [6.07, 6.45) is 10.5. The molecule has 0 bridgehead atoms.